The normalized spacial score (nSPS) is 10.2. The van der Waals surface area contributed by atoms with Gasteiger partial charge in [0, 0.05) is 23.2 Å². The highest BCUT2D eigenvalue weighted by Gasteiger charge is 2.09. The number of ether oxygens (including phenoxy) is 2. The van der Waals surface area contributed by atoms with Crippen molar-refractivity contribution in [3.63, 3.8) is 0 Å². The van der Waals surface area contributed by atoms with Gasteiger partial charge in [0.15, 0.2) is 11.5 Å². The Bertz CT molecular complexity index is 587. The smallest absolute Gasteiger partial charge is 0.162 e. The summed E-state index contributed by atoms with van der Waals surface area (Å²) in [5.74, 6) is 1.27. The van der Waals surface area contributed by atoms with Gasteiger partial charge in [-0.15, -0.1) is 0 Å². The third-order valence-corrected chi connectivity index (χ3v) is 3.71. The lowest BCUT2D eigenvalue weighted by Crippen LogP contribution is -2.01. The molecule has 2 aromatic rings. The minimum Gasteiger partial charge on any atom is -0.493 e. The zero-order valence-electron chi connectivity index (χ0n) is 11.2. The van der Waals surface area contributed by atoms with E-state index in [-0.39, 0.29) is 0 Å². The third-order valence-electron chi connectivity index (χ3n) is 2.87. The van der Waals surface area contributed by atoms with Crippen LogP contribution >= 0.6 is 27.5 Å². The van der Waals surface area contributed by atoms with Crippen LogP contribution in [0.15, 0.2) is 40.9 Å². The van der Waals surface area contributed by atoms with Crippen LogP contribution in [0.2, 0.25) is 5.02 Å². The summed E-state index contributed by atoms with van der Waals surface area (Å²) in [6, 6.07) is 11.7. The molecule has 0 saturated carbocycles. The Morgan fingerprint density at radius 1 is 1.05 bits per heavy atom. The molecule has 0 bridgehead atoms. The first-order valence-electron chi connectivity index (χ1n) is 6.04. The minimum atomic E-state index is 0.597. The Hall–Kier alpha value is -1.39. The minimum absolute atomic E-state index is 0.597. The Balaban J connectivity index is 2.14. The van der Waals surface area contributed by atoms with Gasteiger partial charge in [-0.1, -0.05) is 39.7 Å². The van der Waals surface area contributed by atoms with Crippen molar-refractivity contribution >= 4 is 33.2 Å². The van der Waals surface area contributed by atoms with Gasteiger partial charge in [-0.3, -0.25) is 0 Å². The first-order chi connectivity index (χ1) is 9.63. The van der Waals surface area contributed by atoms with Crippen LogP contribution in [0.4, 0.5) is 5.69 Å². The summed E-state index contributed by atoms with van der Waals surface area (Å²) >= 11 is 9.64. The molecule has 0 aliphatic heterocycles. The lowest BCUT2D eigenvalue weighted by Gasteiger charge is -2.13. The fourth-order valence-electron chi connectivity index (χ4n) is 1.79. The van der Waals surface area contributed by atoms with E-state index in [1.807, 2.05) is 30.3 Å². The van der Waals surface area contributed by atoms with Crippen molar-refractivity contribution in [2.75, 3.05) is 19.5 Å². The van der Waals surface area contributed by atoms with E-state index in [9.17, 15) is 0 Å². The Morgan fingerprint density at radius 2 is 1.65 bits per heavy atom. The predicted octanol–water partition coefficient (Wildman–Crippen LogP) is 4.73. The van der Waals surface area contributed by atoms with Gasteiger partial charge in [-0.25, -0.2) is 0 Å². The van der Waals surface area contributed by atoms with Gasteiger partial charge in [0.1, 0.15) is 0 Å². The fraction of sp³-hybridized carbons (Fsp3) is 0.200. The maximum Gasteiger partial charge on any atom is 0.162 e. The molecule has 0 atom stereocenters. The second kappa shape index (κ2) is 6.86. The molecule has 106 valence electrons. The van der Waals surface area contributed by atoms with E-state index >= 15 is 0 Å². The summed E-state index contributed by atoms with van der Waals surface area (Å²) in [5, 5.41) is 3.89. The first kappa shape index (κ1) is 15.0. The molecule has 1 N–H and O–H groups in total. The number of rotatable bonds is 5. The van der Waals surface area contributed by atoms with Crippen molar-refractivity contribution in [3.05, 3.63) is 51.5 Å². The summed E-state index contributed by atoms with van der Waals surface area (Å²) < 4.78 is 11.5. The average molecular weight is 357 g/mol. The van der Waals surface area contributed by atoms with Crippen LogP contribution in [0.3, 0.4) is 0 Å². The van der Waals surface area contributed by atoms with Crippen molar-refractivity contribution in [2.45, 2.75) is 6.54 Å². The fourth-order valence-corrected chi connectivity index (χ4v) is 2.27. The third kappa shape index (κ3) is 3.58. The van der Waals surface area contributed by atoms with Crippen molar-refractivity contribution in [3.8, 4) is 11.5 Å². The monoisotopic (exact) mass is 355 g/mol. The second-order valence-corrected chi connectivity index (χ2v) is 5.49. The Morgan fingerprint density at radius 3 is 2.25 bits per heavy atom. The molecule has 0 saturated heterocycles. The van der Waals surface area contributed by atoms with E-state index in [0.717, 1.165) is 10.2 Å². The van der Waals surface area contributed by atoms with Crippen LogP contribution in [0.25, 0.3) is 0 Å². The molecule has 2 aromatic carbocycles. The number of anilines is 1. The standard InChI is InChI=1S/C15H15BrClNO2/c1-19-14-7-12(17)13(8-15(14)20-2)18-9-10-3-5-11(16)6-4-10/h3-8,18H,9H2,1-2H3. The van der Waals surface area contributed by atoms with Gasteiger partial charge in [0.25, 0.3) is 0 Å². The quantitative estimate of drug-likeness (QED) is 0.840. The summed E-state index contributed by atoms with van der Waals surface area (Å²) in [4.78, 5) is 0. The van der Waals surface area contributed by atoms with Gasteiger partial charge in [0.05, 0.1) is 24.9 Å². The molecule has 3 nitrogen and oxygen atoms in total. The summed E-state index contributed by atoms with van der Waals surface area (Å²) in [6.45, 7) is 0.683. The molecule has 0 heterocycles. The highest BCUT2D eigenvalue weighted by molar-refractivity contribution is 9.10. The maximum atomic E-state index is 6.22. The van der Waals surface area contributed by atoms with Crippen molar-refractivity contribution in [1.82, 2.24) is 0 Å². The number of hydrogen-bond donors (Lipinski definition) is 1. The molecule has 0 spiro atoms. The van der Waals surface area contributed by atoms with Gasteiger partial charge >= 0.3 is 0 Å². The van der Waals surface area contributed by atoms with Gasteiger partial charge < -0.3 is 14.8 Å². The molecule has 0 aliphatic carbocycles. The molecule has 0 aromatic heterocycles. The molecule has 5 heteroatoms. The molecule has 0 amide bonds. The lowest BCUT2D eigenvalue weighted by atomic mass is 10.2. The first-order valence-corrected chi connectivity index (χ1v) is 7.21. The van der Waals surface area contributed by atoms with Crippen LogP contribution < -0.4 is 14.8 Å². The Kier molecular flexibility index (Phi) is 5.15. The SMILES string of the molecule is COc1cc(Cl)c(NCc2ccc(Br)cc2)cc1OC. The number of halogens is 2. The lowest BCUT2D eigenvalue weighted by molar-refractivity contribution is 0.355. The number of hydrogen-bond acceptors (Lipinski definition) is 3. The van der Waals surface area contributed by atoms with Gasteiger partial charge in [0.2, 0.25) is 0 Å². The molecule has 0 fully saturated rings. The van der Waals surface area contributed by atoms with Crippen LogP contribution in [0, 0.1) is 0 Å². The van der Waals surface area contributed by atoms with E-state index in [0.29, 0.717) is 23.1 Å². The highest BCUT2D eigenvalue weighted by atomic mass is 79.9. The number of methoxy groups -OCH3 is 2. The zero-order chi connectivity index (χ0) is 14.5. The van der Waals surface area contributed by atoms with Crippen molar-refractivity contribution in [2.24, 2.45) is 0 Å². The summed E-state index contributed by atoms with van der Waals surface area (Å²) in [7, 11) is 3.19. The highest BCUT2D eigenvalue weighted by Crippen LogP contribution is 2.36. The van der Waals surface area contributed by atoms with Gasteiger partial charge in [-0.05, 0) is 17.7 Å². The average Bonchev–Trinajstić information content (AvgIpc) is 2.47. The van der Waals surface area contributed by atoms with Crippen LogP contribution in [0.5, 0.6) is 11.5 Å². The van der Waals surface area contributed by atoms with E-state index in [4.69, 9.17) is 21.1 Å². The molecular formula is C15H15BrClNO2. The van der Waals surface area contributed by atoms with Crippen molar-refractivity contribution < 1.29 is 9.47 Å². The second-order valence-electron chi connectivity index (χ2n) is 4.17. The maximum absolute atomic E-state index is 6.22. The molecule has 0 radical (unpaired) electrons. The molecule has 0 aliphatic rings. The van der Waals surface area contributed by atoms with Gasteiger partial charge in [-0.2, -0.15) is 0 Å². The van der Waals surface area contributed by atoms with E-state index in [1.54, 1.807) is 20.3 Å². The van der Waals surface area contributed by atoms with E-state index in [1.165, 1.54) is 5.56 Å². The van der Waals surface area contributed by atoms with E-state index < -0.39 is 0 Å². The molecule has 2 rings (SSSR count). The zero-order valence-corrected chi connectivity index (χ0v) is 13.6. The van der Waals surface area contributed by atoms with E-state index in [2.05, 4.69) is 21.2 Å². The molecular weight excluding hydrogens is 342 g/mol. The van der Waals surface area contributed by atoms with Crippen LogP contribution in [0.1, 0.15) is 5.56 Å². The number of benzene rings is 2. The van der Waals surface area contributed by atoms with Crippen LogP contribution in [-0.4, -0.2) is 14.2 Å². The predicted molar refractivity (Wildman–Crippen MR) is 86.0 cm³/mol. The topological polar surface area (TPSA) is 30.5 Å². The molecule has 0 unspecified atom stereocenters. The molecule has 20 heavy (non-hydrogen) atoms. The van der Waals surface area contributed by atoms with Crippen molar-refractivity contribution in [1.29, 1.82) is 0 Å². The summed E-state index contributed by atoms with van der Waals surface area (Å²) in [5.41, 5.74) is 1.98. The summed E-state index contributed by atoms with van der Waals surface area (Å²) in [6.07, 6.45) is 0. The number of nitrogens with one attached hydrogen (secondary N) is 1. The largest absolute Gasteiger partial charge is 0.493 e. The van der Waals surface area contributed by atoms with Crippen LogP contribution in [-0.2, 0) is 6.54 Å². The Labute approximate surface area is 132 Å².